The van der Waals surface area contributed by atoms with E-state index in [-0.39, 0.29) is 13.2 Å². The number of alkyl halides is 3. The smallest absolute Gasteiger partial charge is 0.384 e. The van der Waals surface area contributed by atoms with E-state index in [9.17, 15) is 13.2 Å². The van der Waals surface area contributed by atoms with Gasteiger partial charge < -0.3 is 10.0 Å². The maximum atomic E-state index is 12.1. The summed E-state index contributed by atoms with van der Waals surface area (Å²) >= 11 is 0. The van der Waals surface area contributed by atoms with Crippen LogP contribution in [0.4, 0.5) is 13.2 Å². The Morgan fingerprint density at radius 1 is 1.21 bits per heavy atom. The highest BCUT2D eigenvalue weighted by atomic mass is 19.4. The van der Waals surface area contributed by atoms with Crippen molar-refractivity contribution in [2.75, 3.05) is 20.2 Å². The molecule has 0 atom stereocenters. The topological polar surface area (TPSA) is 23.5 Å². The number of benzene rings is 1. The molecule has 0 spiro atoms. The summed E-state index contributed by atoms with van der Waals surface area (Å²) in [6.07, 6.45) is -4.92. The predicted molar refractivity (Wildman–Crippen MR) is 67.4 cm³/mol. The highest BCUT2D eigenvalue weighted by molar-refractivity contribution is 5.36. The van der Waals surface area contributed by atoms with Crippen LogP contribution in [0.5, 0.6) is 0 Å². The lowest BCUT2D eigenvalue weighted by Crippen LogP contribution is -2.24. The van der Waals surface area contributed by atoms with Crippen molar-refractivity contribution >= 4 is 0 Å². The molecule has 0 radical (unpaired) electrons. The first-order valence-electron chi connectivity index (χ1n) is 5.84. The van der Waals surface area contributed by atoms with Gasteiger partial charge in [-0.1, -0.05) is 24.0 Å². The average Bonchev–Trinajstić information content (AvgIpc) is 2.35. The largest absolute Gasteiger partial charge is 0.390 e. The van der Waals surface area contributed by atoms with Crippen molar-refractivity contribution in [3.8, 4) is 11.8 Å². The van der Waals surface area contributed by atoms with Crippen LogP contribution in [0.3, 0.4) is 0 Å². The fraction of sp³-hybridized carbons (Fsp3) is 0.429. The van der Waals surface area contributed by atoms with E-state index in [0.717, 1.165) is 11.1 Å². The van der Waals surface area contributed by atoms with Gasteiger partial charge in [0.15, 0.2) is 0 Å². The van der Waals surface area contributed by atoms with Gasteiger partial charge in [0.2, 0.25) is 0 Å². The van der Waals surface area contributed by atoms with Gasteiger partial charge in [-0.15, -0.1) is 0 Å². The van der Waals surface area contributed by atoms with E-state index < -0.39 is 12.6 Å². The summed E-state index contributed by atoms with van der Waals surface area (Å²) in [7, 11) is 1.66. The van der Waals surface area contributed by atoms with E-state index in [1.54, 1.807) is 24.1 Å². The number of hydrogen-bond acceptors (Lipinski definition) is 2. The van der Waals surface area contributed by atoms with Crippen molar-refractivity contribution < 1.29 is 18.3 Å². The Balaban J connectivity index is 2.49. The van der Waals surface area contributed by atoms with Crippen molar-refractivity contribution in [1.29, 1.82) is 0 Å². The molecule has 1 rings (SSSR count). The van der Waals surface area contributed by atoms with E-state index in [0.29, 0.717) is 6.54 Å². The molecule has 5 heteroatoms. The summed E-state index contributed by atoms with van der Waals surface area (Å²) in [4.78, 5) is 1.63. The van der Waals surface area contributed by atoms with Crippen LogP contribution in [-0.4, -0.2) is 36.4 Å². The fourth-order valence-electron chi connectivity index (χ4n) is 1.54. The second-order valence-corrected chi connectivity index (χ2v) is 4.26. The molecule has 0 saturated heterocycles. The van der Waals surface area contributed by atoms with Gasteiger partial charge in [-0.2, -0.15) is 13.2 Å². The number of nitrogens with zero attached hydrogens (tertiary/aromatic N) is 1. The van der Waals surface area contributed by atoms with Crippen molar-refractivity contribution in [2.45, 2.75) is 19.1 Å². The molecule has 0 fully saturated rings. The van der Waals surface area contributed by atoms with Gasteiger partial charge >= 0.3 is 6.18 Å². The maximum absolute atomic E-state index is 12.1. The maximum Gasteiger partial charge on any atom is 0.390 e. The van der Waals surface area contributed by atoms with Crippen LogP contribution >= 0.6 is 0 Å². The zero-order valence-electron chi connectivity index (χ0n) is 10.7. The predicted octanol–water partition coefficient (Wildman–Crippen LogP) is 2.41. The van der Waals surface area contributed by atoms with E-state index in [4.69, 9.17) is 5.11 Å². The summed E-state index contributed by atoms with van der Waals surface area (Å²) in [6, 6.07) is 7.22. The summed E-state index contributed by atoms with van der Waals surface area (Å²) < 4.78 is 36.2. The average molecular weight is 271 g/mol. The second-order valence-electron chi connectivity index (χ2n) is 4.26. The van der Waals surface area contributed by atoms with Gasteiger partial charge in [0.05, 0.1) is 6.42 Å². The summed E-state index contributed by atoms with van der Waals surface area (Å²) in [5, 5.41) is 8.55. The molecular formula is C14H16F3NO. The van der Waals surface area contributed by atoms with Gasteiger partial charge in [0.25, 0.3) is 0 Å². The Morgan fingerprint density at radius 3 is 2.37 bits per heavy atom. The summed E-state index contributed by atoms with van der Waals surface area (Å²) in [5.41, 5.74) is 1.70. The summed E-state index contributed by atoms with van der Waals surface area (Å²) in [5.74, 6) is 5.29. The third kappa shape index (κ3) is 6.85. The van der Waals surface area contributed by atoms with Gasteiger partial charge in [0, 0.05) is 18.7 Å². The molecule has 0 saturated carbocycles. The van der Waals surface area contributed by atoms with Gasteiger partial charge in [-0.25, -0.2) is 0 Å². The first-order chi connectivity index (χ1) is 8.90. The zero-order valence-corrected chi connectivity index (χ0v) is 10.7. The molecular weight excluding hydrogens is 255 g/mol. The monoisotopic (exact) mass is 271 g/mol. The SMILES string of the molecule is CN(CCC(F)(F)F)Cc1ccc(C#CCO)cc1. The van der Waals surface area contributed by atoms with Gasteiger partial charge in [0.1, 0.15) is 6.61 Å². The van der Waals surface area contributed by atoms with Crippen LogP contribution in [0.15, 0.2) is 24.3 Å². The lowest BCUT2D eigenvalue weighted by atomic mass is 10.1. The van der Waals surface area contributed by atoms with E-state index >= 15 is 0 Å². The van der Waals surface area contributed by atoms with Crippen molar-refractivity contribution in [1.82, 2.24) is 4.90 Å². The minimum atomic E-state index is -4.11. The first kappa shape index (κ1) is 15.5. The van der Waals surface area contributed by atoms with Crippen LogP contribution in [0, 0.1) is 11.8 Å². The highest BCUT2D eigenvalue weighted by Gasteiger charge is 2.26. The van der Waals surface area contributed by atoms with Crippen molar-refractivity contribution in [3.63, 3.8) is 0 Å². The molecule has 0 aliphatic rings. The van der Waals surface area contributed by atoms with Gasteiger partial charge in [-0.05, 0) is 24.7 Å². The van der Waals surface area contributed by atoms with Crippen molar-refractivity contribution in [2.24, 2.45) is 0 Å². The van der Waals surface area contributed by atoms with E-state index in [1.165, 1.54) is 0 Å². The Kier molecular flexibility index (Phi) is 5.87. The van der Waals surface area contributed by atoms with Crippen LogP contribution < -0.4 is 0 Å². The van der Waals surface area contributed by atoms with Crippen LogP contribution in [0.25, 0.3) is 0 Å². The number of rotatable bonds is 4. The fourth-order valence-corrected chi connectivity index (χ4v) is 1.54. The van der Waals surface area contributed by atoms with Crippen molar-refractivity contribution in [3.05, 3.63) is 35.4 Å². The molecule has 104 valence electrons. The molecule has 0 unspecified atom stereocenters. The normalized spacial score (nSPS) is 11.3. The summed E-state index contributed by atoms with van der Waals surface area (Å²) in [6.45, 7) is 0.251. The molecule has 0 bridgehead atoms. The lowest BCUT2D eigenvalue weighted by Gasteiger charge is -2.17. The molecule has 1 aromatic rings. The Bertz CT molecular complexity index is 442. The van der Waals surface area contributed by atoms with E-state index in [1.807, 2.05) is 12.1 Å². The minimum absolute atomic E-state index is 0.0183. The number of aliphatic hydroxyl groups is 1. The Labute approximate surface area is 110 Å². The molecule has 2 nitrogen and oxygen atoms in total. The molecule has 0 heterocycles. The molecule has 0 aliphatic carbocycles. The van der Waals surface area contributed by atoms with Crippen LogP contribution in [0.2, 0.25) is 0 Å². The molecule has 1 aromatic carbocycles. The quantitative estimate of drug-likeness (QED) is 0.850. The lowest BCUT2D eigenvalue weighted by molar-refractivity contribution is -0.137. The number of aliphatic hydroxyl groups excluding tert-OH is 1. The number of hydrogen-bond donors (Lipinski definition) is 1. The van der Waals surface area contributed by atoms with Gasteiger partial charge in [-0.3, -0.25) is 0 Å². The van der Waals surface area contributed by atoms with E-state index in [2.05, 4.69) is 11.8 Å². The third-order valence-corrected chi connectivity index (χ3v) is 2.50. The Hall–Kier alpha value is -1.51. The molecule has 0 amide bonds. The highest BCUT2D eigenvalue weighted by Crippen LogP contribution is 2.19. The molecule has 19 heavy (non-hydrogen) atoms. The second kappa shape index (κ2) is 7.17. The van der Waals surface area contributed by atoms with Crippen LogP contribution in [0.1, 0.15) is 17.5 Å². The molecule has 1 N–H and O–H groups in total. The first-order valence-corrected chi connectivity index (χ1v) is 5.84. The van der Waals surface area contributed by atoms with Crippen LogP contribution in [-0.2, 0) is 6.54 Å². The minimum Gasteiger partial charge on any atom is -0.384 e. The Morgan fingerprint density at radius 2 is 1.84 bits per heavy atom. The molecule has 0 aromatic heterocycles. The zero-order chi connectivity index (χ0) is 14.3. The number of halogens is 3. The third-order valence-electron chi connectivity index (χ3n) is 2.50. The standard InChI is InChI=1S/C14H16F3NO/c1-18(9-8-14(15,16)17)11-13-6-4-12(5-7-13)3-2-10-19/h4-7,19H,8-11H2,1H3. The molecule has 0 aliphatic heterocycles.